The predicted molar refractivity (Wildman–Crippen MR) is 60.4 cm³/mol. The molecule has 14 heavy (non-hydrogen) atoms. The third-order valence-electron chi connectivity index (χ3n) is 1.68. The highest BCUT2D eigenvalue weighted by atomic mass is 32.1. The van der Waals surface area contributed by atoms with Crippen molar-refractivity contribution in [3.8, 4) is 0 Å². The van der Waals surface area contributed by atoms with Crippen LogP contribution in [-0.2, 0) is 0 Å². The van der Waals surface area contributed by atoms with Gasteiger partial charge in [0, 0.05) is 29.1 Å². The molecule has 0 aliphatic rings. The summed E-state index contributed by atoms with van der Waals surface area (Å²) in [5, 5.41) is 10.5. The van der Waals surface area contributed by atoms with Gasteiger partial charge in [-0.15, -0.1) is 0 Å². The lowest BCUT2D eigenvalue weighted by Gasteiger charge is -1.99. The maximum atomic E-state index is 10.5. The zero-order valence-electron chi connectivity index (χ0n) is 7.38. The molecule has 0 spiro atoms. The number of nitrogens with two attached hydrogens (primary N) is 1. The fraction of sp³-hybridized carbons (Fsp3) is 0.111. The molecule has 0 amide bonds. The number of hydrogen-bond acceptors (Lipinski definition) is 4. The first-order valence-corrected chi connectivity index (χ1v) is 4.59. The van der Waals surface area contributed by atoms with Crippen LogP contribution >= 0.6 is 12.6 Å². The van der Waals surface area contributed by atoms with Gasteiger partial charge in [-0.3, -0.25) is 10.1 Å². The van der Waals surface area contributed by atoms with Crippen LogP contribution < -0.4 is 5.73 Å². The van der Waals surface area contributed by atoms with E-state index in [0.717, 1.165) is 0 Å². The van der Waals surface area contributed by atoms with Crippen LogP contribution in [0.3, 0.4) is 0 Å². The van der Waals surface area contributed by atoms with Crippen LogP contribution in [0.25, 0.3) is 6.08 Å². The van der Waals surface area contributed by atoms with Crippen molar-refractivity contribution in [2.24, 2.45) is 0 Å². The van der Waals surface area contributed by atoms with E-state index in [1.165, 1.54) is 18.2 Å². The van der Waals surface area contributed by atoms with Crippen LogP contribution in [0.15, 0.2) is 24.3 Å². The molecule has 1 rings (SSSR count). The van der Waals surface area contributed by atoms with E-state index in [-0.39, 0.29) is 5.69 Å². The molecule has 2 N–H and O–H groups in total. The van der Waals surface area contributed by atoms with E-state index in [9.17, 15) is 10.1 Å². The van der Waals surface area contributed by atoms with Gasteiger partial charge in [0.15, 0.2) is 0 Å². The lowest BCUT2D eigenvalue weighted by molar-refractivity contribution is -0.384. The Morgan fingerprint density at radius 3 is 2.86 bits per heavy atom. The van der Waals surface area contributed by atoms with Crippen LogP contribution in [0, 0.1) is 10.1 Å². The van der Waals surface area contributed by atoms with Gasteiger partial charge in [0.2, 0.25) is 0 Å². The van der Waals surface area contributed by atoms with E-state index >= 15 is 0 Å². The molecular formula is C9H10N2O2S. The second-order valence-electron chi connectivity index (χ2n) is 2.66. The summed E-state index contributed by atoms with van der Waals surface area (Å²) in [6.45, 7) is 0. The number of thiol groups is 1. The molecule has 4 nitrogen and oxygen atoms in total. The summed E-state index contributed by atoms with van der Waals surface area (Å²) in [6, 6.07) is 4.35. The summed E-state index contributed by atoms with van der Waals surface area (Å²) in [7, 11) is 0. The van der Waals surface area contributed by atoms with E-state index in [1.54, 1.807) is 12.2 Å². The molecule has 0 aliphatic carbocycles. The Morgan fingerprint density at radius 2 is 2.29 bits per heavy atom. The van der Waals surface area contributed by atoms with Gasteiger partial charge in [-0.2, -0.15) is 12.6 Å². The first-order valence-electron chi connectivity index (χ1n) is 3.96. The van der Waals surface area contributed by atoms with E-state index < -0.39 is 4.92 Å². The Morgan fingerprint density at radius 1 is 1.57 bits per heavy atom. The molecule has 1 aromatic rings. The highest BCUT2D eigenvalue weighted by molar-refractivity contribution is 7.80. The molecule has 0 heterocycles. The fourth-order valence-corrected chi connectivity index (χ4v) is 1.11. The van der Waals surface area contributed by atoms with E-state index in [0.29, 0.717) is 17.0 Å². The topological polar surface area (TPSA) is 69.2 Å². The number of benzene rings is 1. The minimum Gasteiger partial charge on any atom is -0.398 e. The number of nitro groups is 1. The minimum atomic E-state index is -0.447. The Bertz CT molecular complexity index is 377. The van der Waals surface area contributed by atoms with Crippen LogP contribution in [0.1, 0.15) is 5.56 Å². The summed E-state index contributed by atoms with van der Waals surface area (Å²) >= 11 is 3.99. The van der Waals surface area contributed by atoms with Gasteiger partial charge in [0.25, 0.3) is 5.69 Å². The highest BCUT2D eigenvalue weighted by Crippen LogP contribution is 2.20. The second-order valence-corrected chi connectivity index (χ2v) is 3.02. The van der Waals surface area contributed by atoms with Gasteiger partial charge in [-0.25, -0.2) is 0 Å². The van der Waals surface area contributed by atoms with Crippen LogP contribution in [0.4, 0.5) is 11.4 Å². The molecule has 0 aliphatic heterocycles. The summed E-state index contributed by atoms with van der Waals surface area (Å²) < 4.78 is 0. The lowest BCUT2D eigenvalue weighted by atomic mass is 10.1. The zero-order chi connectivity index (χ0) is 10.6. The number of anilines is 1. The molecule has 0 saturated heterocycles. The van der Waals surface area contributed by atoms with E-state index in [1.807, 2.05) is 0 Å². The lowest BCUT2D eigenvalue weighted by Crippen LogP contribution is -1.93. The van der Waals surface area contributed by atoms with Crippen molar-refractivity contribution in [3.63, 3.8) is 0 Å². The van der Waals surface area contributed by atoms with Crippen LogP contribution in [-0.4, -0.2) is 10.7 Å². The number of hydrogen-bond donors (Lipinski definition) is 2. The zero-order valence-corrected chi connectivity index (χ0v) is 8.28. The highest BCUT2D eigenvalue weighted by Gasteiger charge is 2.06. The van der Waals surface area contributed by atoms with E-state index in [2.05, 4.69) is 12.6 Å². The van der Waals surface area contributed by atoms with Crippen molar-refractivity contribution >= 4 is 30.1 Å². The molecular weight excluding hydrogens is 200 g/mol. The fourth-order valence-electron chi connectivity index (χ4n) is 1.000. The maximum Gasteiger partial charge on any atom is 0.270 e. The molecule has 0 fully saturated rings. The van der Waals surface area contributed by atoms with Crippen molar-refractivity contribution in [1.82, 2.24) is 0 Å². The van der Waals surface area contributed by atoms with Gasteiger partial charge in [-0.1, -0.05) is 12.2 Å². The largest absolute Gasteiger partial charge is 0.398 e. The Hall–Kier alpha value is -1.49. The van der Waals surface area contributed by atoms with Gasteiger partial charge in [0.1, 0.15) is 0 Å². The number of nitrogen functional groups attached to an aromatic ring is 1. The van der Waals surface area contributed by atoms with Gasteiger partial charge in [0.05, 0.1) is 4.92 Å². The summed E-state index contributed by atoms with van der Waals surface area (Å²) in [5.74, 6) is 0.572. The molecule has 0 atom stereocenters. The van der Waals surface area contributed by atoms with E-state index in [4.69, 9.17) is 5.73 Å². The van der Waals surface area contributed by atoms with Crippen LogP contribution in [0.2, 0.25) is 0 Å². The Balaban J connectivity index is 3.08. The first kappa shape index (κ1) is 10.6. The molecule has 0 bridgehead atoms. The first-order chi connectivity index (χ1) is 6.65. The molecule has 74 valence electrons. The summed E-state index contributed by atoms with van der Waals surface area (Å²) in [5.41, 5.74) is 6.84. The normalized spacial score (nSPS) is 10.6. The maximum absolute atomic E-state index is 10.5. The smallest absolute Gasteiger partial charge is 0.270 e. The van der Waals surface area contributed by atoms with Crippen molar-refractivity contribution in [3.05, 3.63) is 40.0 Å². The molecule has 0 unspecified atom stereocenters. The number of nitrogens with zero attached hydrogens (tertiary/aromatic N) is 1. The summed E-state index contributed by atoms with van der Waals surface area (Å²) in [4.78, 5) is 10.0. The Kier molecular flexibility index (Phi) is 3.53. The monoisotopic (exact) mass is 210 g/mol. The third kappa shape index (κ3) is 2.50. The average Bonchev–Trinajstić information content (AvgIpc) is 2.16. The van der Waals surface area contributed by atoms with Crippen molar-refractivity contribution in [2.75, 3.05) is 11.5 Å². The average molecular weight is 210 g/mol. The predicted octanol–water partition coefficient (Wildman–Crippen LogP) is 2.12. The third-order valence-corrected chi connectivity index (χ3v) is 1.89. The molecule has 1 aromatic carbocycles. The second kappa shape index (κ2) is 4.66. The summed E-state index contributed by atoms with van der Waals surface area (Å²) in [6.07, 6.45) is 3.49. The number of rotatable bonds is 3. The van der Waals surface area contributed by atoms with Crippen LogP contribution in [0.5, 0.6) is 0 Å². The molecule has 0 saturated carbocycles. The Labute approximate surface area is 87.0 Å². The molecule has 0 radical (unpaired) electrons. The van der Waals surface area contributed by atoms with Crippen molar-refractivity contribution < 1.29 is 4.92 Å². The molecule has 0 aromatic heterocycles. The van der Waals surface area contributed by atoms with Crippen molar-refractivity contribution in [2.45, 2.75) is 0 Å². The quantitative estimate of drug-likeness (QED) is 0.347. The van der Waals surface area contributed by atoms with Gasteiger partial charge >= 0.3 is 0 Å². The SMILES string of the molecule is Nc1ccc([N+](=O)[O-])cc1C=CCS. The molecule has 5 heteroatoms. The van der Waals surface area contributed by atoms with Crippen molar-refractivity contribution in [1.29, 1.82) is 0 Å². The number of nitro benzene ring substituents is 1. The minimum absolute atomic E-state index is 0.0398. The standard InChI is InChI=1S/C9H10N2O2S/c10-9-4-3-8(11(12)13)6-7(9)2-1-5-14/h1-4,6,14H,5,10H2. The number of non-ortho nitro benzene ring substituents is 1. The van der Waals surface area contributed by atoms with Gasteiger partial charge in [-0.05, 0) is 6.07 Å². The van der Waals surface area contributed by atoms with Gasteiger partial charge < -0.3 is 5.73 Å².